The standard InChI is InChI=1S/C15H23NO2/c1-2-5-15(6-3-1)18-12-10-16-9-4-11-17-13-14-7-8-14/h1-3,5-6,14,16H,4,7-13H2. The third kappa shape index (κ3) is 6.03. The quantitative estimate of drug-likeness (QED) is 0.646. The van der Waals surface area contributed by atoms with Gasteiger partial charge in [-0.25, -0.2) is 0 Å². The van der Waals surface area contributed by atoms with Crippen LogP contribution in [0.2, 0.25) is 0 Å². The molecule has 0 unspecified atom stereocenters. The summed E-state index contributed by atoms with van der Waals surface area (Å²) in [4.78, 5) is 0. The minimum absolute atomic E-state index is 0.715. The summed E-state index contributed by atoms with van der Waals surface area (Å²) < 4.78 is 11.1. The highest BCUT2D eigenvalue weighted by atomic mass is 16.5. The molecular weight excluding hydrogens is 226 g/mol. The van der Waals surface area contributed by atoms with Crippen molar-refractivity contribution in [2.24, 2.45) is 5.92 Å². The molecule has 0 saturated heterocycles. The lowest BCUT2D eigenvalue weighted by atomic mass is 10.3. The fraction of sp³-hybridized carbons (Fsp3) is 0.600. The topological polar surface area (TPSA) is 30.5 Å². The van der Waals surface area contributed by atoms with Crippen LogP contribution in [0, 0.1) is 5.92 Å². The largest absolute Gasteiger partial charge is 0.492 e. The Morgan fingerprint density at radius 2 is 1.89 bits per heavy atom. The van der Waals surface area contributed by atoms with Crippen molar-refractivity contribution in [3.05, 3.63) is 30.3 Å². The predicted molar refractivity (Wildman–Crippen MR) is 73.0 cm³/mol. The lowest BCUT2D eigenvalue weighted by Gasteiger charge is -2.07. The number of hydrogen-bond acceptors (Lipinski definition) is 3. The Balaban J connectivity index is 1.35. The van der Waals surface area contributed by atoms with Crippen LogP contribution in [0.5, 0.6) is 5.75 Å². The van der Waals surface area contributed by atoms with Crippen molar-refractivity contribution < 1.29 is 9.47 Å². The van der Waals surface area contributed by atoms with Crippen molar-refractivity contribution in [2.75, 3.05) is 32.9 Å². The molecule has 0 radical (unpaired) electrons. The van der Waals surface area contributed by atoms with E-state index >= 15 is 0 Å². The number of benzene rings is 1. The second kappa shape index (κ2) is 8.11. The molecule has 0 heterocycles. The average molecular weight is 249 g/mol. The number of hydrogen-bond donors (Lipinski definition) is 1. The minimum Gasteiger partial charge on any atom is -0.492 e. The van der Waals surface area contributed by atoms with Crippen molar-refractivity contribution in [3.8, 4) is 5.75 Å². The van der Waals surface area contributed by atoms with E-state index in [0.29, 0.717) is 6.61 Å². The highest BCUT2D eigenvalue weighted by Crippen LogP contribution is 2.28. The van der Waals surface area contributed by atoms with Crippen molar-refractivity contribution in [1.29, 1.82) is 0 Å². The maximum absolute atomic E-state index is 5.58. The van der Waals surface area contributed by atoms with E-state index in [1.54, 1.807) is 0 Å². The van der Waals surface area contributed by atoms with Gasteiger partial charge in [-0.15, -0.1) is 0 Å². The molecule has 1 fully saturated rings. The molecule has 1 aromatic rings. The van der Waals surface area contributed by atoms with Crippen molar-refractivity contribution in [1.82, 2.24) is 5.32 Å². The molecule has 0 bridgehead atoms. The normalized spacial score (nSPS) is 14.7. The molecule has 0 spiro atoms. The van der Waals surface area contributed by atoms with Crippen LogP contribution in [0.25, 0.3) is 0 Å². The first-order valence-corrected chi connectivity index (χ1v) is 6.91. The summed E-state index contributed by atoms with van der Waals surface area (Å²) in [5.74, 6) is 1.81. The molecule has 1 saturated carbocycles. The minimum atomic E-state index is 0.715. The molecule has 0 aliphatic heterocycles. The Kier molecular flexibility index (Phi) is 6.03. The highest BCUT2D eigenvalue weighted by Gasteiger charge is 2.20. The molecule has 1 aromatic carbocycles. The van der Waals surface area contributed by atoms with Crippen molar-refractivity contribution in [2.45, 2.75) is 19.3 Å². The Hall–Kier alpha value is -1.06. The van der Waals surface area contributed by atoms with Gasteiger partial charge < -0.3 is 14.8 Å². The van der Waals surface area contributed by atoms with Gasteiger partial charge in [0, 0.05) is 19.8 Å². The van der Waals surface area contributed by atoms with Gasteiger partial charge >= 0.3 is 0 Å². The van der Waals surface area contributed by atoms with E-state index in [-0.39, 0.29) is 0 Å². The Labute approximate surface area is 109 Å². The van der Waals surface area contributed by atoms with Crippen LogP contribution in [0.3, 0.4) is 0 Å². The van der Waals surface area contributed by atoms with E-state index in [1.165, 1.54) is 12.8 Å². The van der Waals surface area contributed by atoms with Gasteiger partial charge in [-0.1, -0.05) is 18.2 Å². The number of rotatable bonds is 10. The summed E-state index contributed by atoms with van der Waals surface area (Å²) >= 11 is 0. The van der Waals surface area contributed by atoms with Gasteiger partial charge in [0.2, 0.25) is 0 Å². The summed E-state index contributed by atoms with van der Waals surface area (Å²) in [6.45, 7) is 4.45. The maximum atomic E-state index is 5.58. The van der Waals surface area contributed by atoms with Gasteiger partial charge in [-0.2, -0.15) is 0 Å². The van der Waals surface area contributed by atoms with Gasteiger partial charge in [0.15, 0.2) is 0 Å². The van der Waals surface area contributed by atoms with Crippen LogP contribution in [-0.2, 0) is 4.74 Å². The van der Waals surface area contributed by atoms with Gasteiger partial charge in [-0.3, -0.25) is 0 Å². The summed E-state index contributed by atoms with van der Waals surface area (Å²) in [6.07, 6.45) is 3.82. The molecule has 1 N–H and O–H groups in total. The van der Waals surface area contributed by atoms with Crippen molar-refractivity contribution >= 4 is 0 Å². The fourth-order valence-electron chi connectivity index (χ4n) is 1.72. The smallest absolute Gasteiger partial charge is 0.119 e. The van der Waals surface area contributed by atoms with Crippen LogP contribution >= 0.6 is 0 Å². The first-order valence-electron chi connectivity index (χ1n) is 6.91. The molecule has 100 valence electrons. The molecule has 3 heteroatoms. The monoisotopic (exact) mass is 249 g/mol. The lowest BCUT2D eigenvalue weighted by Crippen LogP contribution is -2.23. The van der Waals surface area contributed by atoms with Crippen LogP contribution in [0.4, 0.5) is 0 Å². The third-order valence-corrected chi connectivity index (χ3v) is 2.98. The van der Waals surface area contributed by atoms with Crippen LogP contribution in [0.15, 0.2) is 30.3 Å². The Bertz CT molecular complexity index is 312. The fourth-order valence-corrected chi connectivity index (χ4v) is 1.72. The van der Waals surface area contributed by atoms with Gasteiger partial charge in [-0.05, 0) is 43.9 Å². The molecule has 0 atom stereocenters. The van der Waals surface area contributed by atoms with E-state index < -0.39 is 0 Å². The van der Waals surface area contributed by atoms with Gasteiger partial charge in [0.25, 0.3) is 0 Å². The van der Waals surface area contributed by atoms with Crippen LogP contribution in [-0.4, -0.2) is 32.9 Å². The molecular formula is C15H23NO2. The molecule has 3 nitrogen and oxygen atoms in total. The third-order valence-electron chi connectivity index (χ3n) is 2.98. The molecule has 1 aliphatic carbocycles. The first kappa shape index (κ1) is 13.4. The maximum Gasteiger partial charge on any atom is 0.119 e. The van der Waals surface area contributed by atoms with Crippen LogP contribution in [0.1, 0.15) is 19.3 Å². The summed E-state index contributed by atoms with van der Waals surface area (Å²) in [5.41, 5.74) is 0. The summed E-state index contributed by atoms with van der Waals surface area (Å²) in [6, 6.07) is 9.92. The van der Waals surface area contributed by atoms with E-state index in [9.17, 15) is 0 Å². The Morgan fingerprint density at radius 1 is 1.06 bits per heavy atom. The zero-order valence-electron chi connectivity index (χ0n) is 10.9. The zero-order chi connectivity index (χ0) is 12.5. The molecule has 1 aliphatic rings. The predicted octanol–water partition coefficient (Wildman–Crippen LogP) is 2.47. The van der Waals surface area contributed by atoms with E-state index in [0.717, 1.165) is 44.4 Å². The van der Waals surface area contributed by atoms with E-state index in [1.807, 2.05) is 30.3 Å². The average Bonchev–Trinajstić information content (AvgIpc) is 3.22. The van der Waals surface area contributed by atoms with Gasteiger partial charge in [0.1, 0.15) is 12.4 Å². The van der Waals surface area contributed by atoms with Gasteiger partial charge in [0.05, 0.1) is 0 Å². The Morgan fingerprint density at radius 3 is 2.67 bits per heavy atom. The molecule has 18 heavy (non-hydrogen) atoms. The summed E-state index contributed by atoms with van der Waals surface area (Å²) in [7, 11) is 0. The van der Waals surface area contributed by atoms with Crippen LogP contribution < -0.4 is 10.1 Å². The molecule has 0 amide bonds. The summed E-state index contributed by atoms with van der Waals surface area (Å²) in [5, 5.41) is 3.35. The van der Waals surface area contributed by atoms with E-state index in [4.69, 9.17) is 9.47 Å². The van der Waals surface area contributed by atoms with E-state index in [2.05, 4.69) is 5.32 Å². The zero-order valence-corrected chi connectivity index (χ0v) is 10.9. The van der Waals surface area contributed by atoms with Crippen molar-refractivity contribution in [3.63, 3.8) is 0 Å². The first-order chi connectivity index (χ1) is 8.95. The lowest BCUT2D eigenvalue weighted by molar-refractivity contribution is 0.122. The second-order valence-corrected chi connectivity index (χ2v) is 4.78. The second-order valence-electron chi connectivity index (χ2n) is 4.78. The highest BCUT2D eigenvalue weighted by molar-refractivity contribution is 5.20. The number of nitrogens with one attached hydrogen (secondary N) is 1. The number of para-hydroxylation sites is 1. The molecule has 0 aromatic heterocycles. The SMILES string of the molecule is c1ccc(OCCNCCCOCC2CC2)cc1. The molecule has 2 rings (SSSR count). The number of ether oxygens (including phenoxy) is 2.